The fourth-order valence-corrected chi connectivity index (χ4v) is 5.35. The highest BCUT2D eigenvalue weighted by atomic mass is 16.5. The Labute approximate surface area is 236 Å². The molecule has 1 fully saturated rings. The van der Waals surface area contributed by atoms with Crippen molar-refractivity contribution in [2.45, 2.75) is 44.7 Å². The van der Waals surface area contributed by atoms with E-state index in [1.54, 1.807) is 6.33 Å². The van der Waals surface area contributed by atoms with E-state index < -0.39 is 6.04 Å². The first-order chi connectivity index (χ1) is 19.6. The van der Waals surface area contributed by atoms with Crippen LogP contribution in [0.1, 0.15) is 44.2 Å². The van der Waals surface area contributed by atoms with Crippen LogP contribution in [-0.2, 0) is 14.3 Å². The van der Waals surface area contributed by atoms with E-state index in [4.69, 9.17) is 4.74 Å². The molecule has 8 heteroatoms. The lowest BCUT2D eigenvalue weighted by molar-refractivity contribution is -0.132. The molecule has 1 aliphatic heterocycles. The SMILES string of the molecule is CCC(=O)N[C@@H](CNc1ccc2c(c1)ncn2C(C(=O)N1CCCC1)c1ccccc1)COCC1C=CC=CC1. The molecule has 2 amide bonds. The smallest absolute Gasteiger partial charge is 0.250 e. The number of nitrogens with zero attached hydrogens (tertiary/aromatic N) is 3. The molecule has 2 aromatic carbocycles. The zero-order chi connectivity index (χ0) is 27.7. The van der Waals surface area contributed by atoms with Gasteiger partial charge in [0.1, 0.15) is 6.04 Å². The summed E-state index contributed by atoms with van der Waals surface area (Å²) in [5.74, 6) is 0.481. The van der Waals surface area contributed by atoms with Gasteiger partial charge in [-0.15, -0.1) is 0 Å². The van der Waals surface area contributed by atoms with E-state index in [0.29, 0.717) is 32.1 Å². The van der Waals surface area contributed by atoms with Crippen molar-refractivity contribution in [1.82, 2.24) is 19.8 Å². The van der Waals surface area contributed by atoms with E-state index in [-0.39, 0.29) is 17.9 Å². The minimum absolute atomic E-state index is 0.000265. The Bertz CT molecular complexity index is 1340. The molecule has 8 nitrogen and oxygen atoms in total. The van der Waals surface area contributed by atoms with Gasteiger partial charge in [0.05, 0.1) is 36.6 Å². The molecule has 1 saturated heterocycles. The first kappa shape index (κ1) is 27.6. The third-order valence-electron chi connectivity index (χ3n) is 7.58. The summed E-state index contributed by atoms with van der Waals surface area (Å²) >= 11 is 0. The Morgan fingerprint density at radius 3 is 2.67 bits per heavy atom. The van der Waals surface area contributed by atoms with Gasteiger partial charge in [-0.2, -0.15) is 0 Å². The quantitative estimate of drug-likeness (QED) is 0.347. The van der Waals surface area contributed by atoms with Crippen LogP contribution in [-0.4, -0.2) is 65.2 Å². The summed E-state index contributed by atoms with van der Waals surface area (Å²) in [5.41, 5.74) is 3.56. The highest BCUT2D eigenvalue weighted by Gasteiger charge is 2.30. The first-order valence-electron chi connectivity index (χ1n) is 14.4. The molecule has 40 heavy (non-hydrogen) atoms. The Morgan fingerprint density at radius 2 is 1.93 bits per heavy atom. The highest BCUT2D eigenvalue weighted by Crippen LogP contribution is 2.28. The molecule has 1 aliphatic carbocycles. The Morgan fingerprint density at radius 1 is 1.10 bits per heavy atom. The maximum atomic E-state index is 13.6. The summed E-state index contributed by atoms with van der Waals surface area (Å²) in [4.78, 5) is 32.4. The lowest BCUT2D eigenvalue weighted by Gasteiger charge is -2.25. The van der Waals surface area contributed by atoms with E-state index in [1.165, 1.54) is 0 Å². The molecule has 0 spiro atoms. The number of anilines is 1. The number of likely N-dealkylation sites (tertiary alicyclic amines) is 1. The maximum absolute atomic E-state index is 13.6. The number of rotatable bonds is 12. The number of ether oxygens (including phenoxy) is 1. The molecular weight excluding hydrogens is 502 g/mol. The topological polar surface area (TPSA) is 88.5 Å². The second-order valence-corrected chi connectivity index (χ2v) is 10.5. The van der Waals surface area contributed by atoms with E-state index in [0.717, 1.165) is 54.6 Å². The van der Waals surface area contributed by atoms with Gasteiger partial charge in [-0.25, -0.2) is 4.98 Å². The highest BCUT2D eigenvalue weighted by molar-refractivity contribution is 5.87. The number of carbonyl (C=O) groups excluding carboxylic acids is 2. The summed E-state index contributed by atoms with van der Waals surface area (Å²) in [6.45, 7) is 5.04. The summed E-state index contributed by atoms with van der Waals surface area (Å²) in [6, 6.07) is 15.3. The van der Waals surface area contributed by atoms with Crippen LogP contribution < -0.4 is 10.6 Å². The monoisotopic (exact) mass is 541 g/mol. The van der Waals surface area contributed by atoms with Crippen molar-refractivity contribution < 1.29 is 14.3 Å². The molecule has 0 radical (unpaired) electrons. The van der Waals surface area contributed by atoms with Crippen molar-refractivity contribution >= 4 is 28.5 Å². The molecule has 2 N–H and O–H groups in total. The van der Waals surface area contributed by atoms with Crippen molar-refractivity contribution in [3.05, 3.63) is 84.7 Å². The van der Waals surface area contributed by atoms with Gasteiger partial charge in [-0.05, 0) is 43.0 Å². The van der Waals surface area contributed by atoms with Crippen LogP contribution in [0, 0.1) is 5.92 Å². The van der Waals surface area contributed by atoms with E-state index >= 15 is 0 Å². The molecule has 0 bridgehead atoms. The molecular formula is C32H39N5O3. The van der Waals surface area contributed by atoms with Gasteiger partial charge in [0.25, 0.3) is 0 Å². The van der Waals surface area contributed by atoms with Crippen molar-refractivity contribution in [2.75, 3.05) is 38.2 Å². The van der Waals surface area contributed by atoms with Crippen LogP contribution in [0.25, 0.3) is 11.0 Å². The summed E-state index contributed by atoms with van der Waals surface area (Å²) in [6.07, 6.45) is 13.7. The molecule has 210 valence electrons. The molecule has 2 aliphatic rings. The van der Waals surface area contributed by atoms with Crippen molar-refractivity contribution in [2.24, 2.45) is 5.92 Å². The van der Waals surface area contributed by atoms with Crippen LogP contribution in [0.2, 0.25) is 0 Å². The van der Waals surface area contributed by atoms with Crippen LogP contribution in [0.4, 0.5) is 5.69 Å². The number of allylic oxidation sites excluding steroid dienone is 3. The molecule has 2 unspecified atom stereocenters. The van der Waals surface area contributed by atoms with E-state index in [1.807, 2.05) is 64.9 Å². The fraction of sp³-hybridized carbons (Fsp3) is 0.406. The zero-order valence-corrected chi connectivity index (χ0v) is 23.2. The van der Waals surface area contributed by atoms with E-state index in [9.17, 15) is 9.59 Å². The average molecular weight is 542 g/mol. The third-order valence-corrected chi connectivity index (χ3v) is 7.58. The number of benzene rings is 2. The number of fused-ring (bicyclic) bond motifs is 1. The first-order valence-corrected chi connectivity index (χ1v) is 14.4. The van der Waals surface area contributed by atoms with Crippen molar-refractivity contribution in [3.8, 4) is 0 Å². The van der Waals surface area contributed by atoms with Crippen LogP contribution in [0.15, 0.2) is 79.2 Å². The zero-order valence-electron chi connectivity index (χ0n) is 23.2. The molecule has 2 heterocycles. The van der Waals surface area contributed by atoms with Gasteiger partial charge in [0.2, 0.25) is 11.8 Å². The number of amides is 2. The lowest BCUT2D eigenvalue weighted by atomic mass is 10.0. The van der Waals surface area contributed by atoms with Gasteiger partial charge in [0.15, 0.2) is 0 Å². The number of aromatic nitrogens is 2. The average Bonchev–Trinajstić information content (AvgIpc) is 3.68. The van der Waals surface area contributed by atoms with Crippen molar-refractivity contribution in [1.29, 1.82) is 0 Å². The molecule has 5 rings (SSSR count). The molecule has 0 saturated carbocycles. The summed E-state index contributed by atoms with van der Waals surface area (Å²) < 4.78 is 7.97. The summed E-state index contributed by atoms with van der Waals surface area (Å²) in [5, 5.41) is 6.52. The van der Waals surface area contributed by atoms with E-state index in [2.05, 4.69) is 39.9 Å². The second kappa shape index (κ2) is 13.4. The van der Waals surface area contributed by atoms with Crippen LogP contribution >= 0.6 is 0 Å². The van der Waals surface area contributed by atoms with Gasteiger partial charge in [-0.3, -0.25) is 9.59 Å². The Balaban J connectivity index is 1.28. The third kappa shape index (κ3) is 6.80. The largest absolute Gasteiger partial charge is 0.383 e. The second-order valence-electron chi connectivity index (χ2n) is 10.5. The minimum atomic E-state index is -0.455. The lowest BCUT2D eigenvalue weighted by Crippen LogP contribution is -2.43. The normalized spacial score (nSPS) is 18.1. The summed E-state index contributed by atoms with van der Waals surface area (Å²) in [7, 11) is 0. The standard InChI is InChI=1S/C32H39N5O3/c1-2-30(38)35-27(22-40-21-24-11-5-3-6-12-24)20-33-26-15-16-29-28(19-26)34-23-37(29)31(25-13-7-4-8-14-25)32(39)36-17-9-10-18-36/h3-8,11,13-16,19,23-24,27,31,33H,2,9-10,12,17-18,20-22H2,1H3,(H,35,38)/t24?,27-,31?/m0/s1. The Hall–Kier alpha value is -3.91. The van der Waals surface area contributed by atoms with Crippen LogP contribution in [0.5, 0.6) is 0 Å². The fourth-order valence-electron chi connectivity index (χ4n) is 5.35. The maximum Gasteiger partial charge on any atom is 0.250 e. The predicted molar refractivity (Wildman–Crippen MR) is 158 cm³/mol. The molecule has 1 aromatic heterocycles. The van der Waals surface area contributed by atoms with Gasteiger partial charge in [0, 0.05) is 37.7 Å². The van der Waals surface area contributed by atoms with Gasteiger partial charge in [-0.1, -0.05) is 61.6 Å². The van der Waals surface area contributed by atoms with Gasteiger partial charge >= 0.3 is 0 Å². The number of hydrogen-bond acceptors (Lipinski definition) is 5. The predicted octanol–water partition coefficient (Wildman–Crippen LogP) is 4.70. The number of carbonyl (C=O) groups is 2. The minimum Gasteiger partial charge on any atom is -0.383 e. The van der Waals surface area contributed by atoms with Crippen LogP contribution in [0.3, 0.4) is 0 Å². The van der Waals surface area contributed by atoms with Crippen molar-refractivity contribution in [3.63, 3.8) is 0 Å². The number of imidazole rings is 1. The van der Waals surface area contributed by atoms with Gasteiger partial charge < -0.3 is 24.8 Å². The molecule has 3 aromatic rings. The molecule has 3 atom stereocenters. The Kier molecular flexibility index (Phi) is 9.29. The number of nitrogens with one attached hydrogen (secondary N) is 2. The number of hydrogen-bond donors (Lipinski definition) is 2.